The summed E-state index contributed by atoms with van der Waals surface area (Å²) < 4.78 is 88.7. The van der Waals surface area contributed by atoms with Crippen molar-refractivity contribution >= 4 is 31.4 Å². The van der Waals surface area contributed by atoms with Crippen LogP contribution in [0.4, 0.5) is 24.7 Å². The third-order valence-electron chi connectivity index (χ3n) is 6.08. The van der Waals surface area contributed by atoms with Crippen LogP contribution in [0.2, 0.25) is 0 Å². The highest BCUT2D eigenvalue weighted by Gasteiger charge is 2.32. The van der Waals surface area contributed by atoms with Crippen LogP contribution in [-0.4, -0.2) is 69.9 Å². The number of benzene rings is 1. The molecule has 34 heavy (non-hydrogen) atoms. The van der Waals surface area contributed by atoms with Crippen LogP contribution in [0.5, 0.6) is 0 Å². The van der Waals surface area contributed by atoms with Crippen molar-refractivity contribution in [2.75, 3.05) is 47.9 Å². The molecule has 0 unspecified atom stereocenters. The van der Waals surface area contributed by atoms with Crippen LogP contribution in [0.25, 0.3) is 0 Å². The fourth-order valence-electron chi connectivity index (χ4n) is 4.05. The van der Waals surface area contributed by atoms with E-state index in [1.165, 1.54) is 22.5 Å². The quantitative estimate of drug-likeness (QED) is 0.650. The SMILES string of the molecule is O=S1(=O)CCN(c2ccc(S(=O)(=O)N3CCC(Nc4ccc(C(F)(F)F)cn4)CC3)cc2)CC1. The van der Waals surface area contributed by atoms with Gasteiger partial charge in [-0.05, 0) is 49.2 Å². The molecule has 1 N–H and O–H groups in total. The minimum atomic E-state index is -4.45. The number of hydrogen-bond donors (Lipinski definition) is 1. The smallest absolute Gasteiger partial charge is 0.369 e. The molecule has 0 spiro atoms. The zero-order chi connectivity index (χ0) is 24.6. The normalized spacial score (nSPS) is 20.3. The third-order valence-corrected chi connectivity index (χ3v) is 9.60. The van der Waals surface area contributed by atoms with Gasteiger partial charge in [-0.2, -0.15) is 17.5 Å². The first-order valence-corrected chi connectivity index (χ1v) is 14.1. The van der Waals surface area contributed by atoms with Gasteiger partial charge in [0.05, 0.1) is 22.0 Å². The van der Waals surface area contributed by atoms with Crippen molar-refractivity contribution in [1.82, 2.24) is 9.29 Å². The second-order valence-electron chi connectivity index (χ2n) is 8.39. The van der Waals surface area contributed by atoms with Gasteiger partial charge in [-0.15, -0.1) is 0 Å². The van der Waals surface area contributed by atoms with Crippen molar-refractivity contribution in [3.05, 3.63) is 48.2 Å². The van der Waals surface area contributed by atoms with Crippen molar-refractivity contribution in [3.63, 3.8) is 0 Å². The minimum absolute atomic E-state index is 0.0814. The second-order valence-corrected chi connectivity index (χ2v) is 12.6. The topological polar surface area (TPSA) is 99.7 Å². The van der Waals surface area contributed by atoms with Crippen molar-refractivity contribution in [2.45, 2.75) is 30.0 Å². The number of hydrogen-bond acceptors (Lipinski definition) is 7. The number of alkyl halides is 3. The van der Waals surface area contributed by atoms with E-state index < -0.39 is 31.6 Å². The summed E-state index contributed by atoms with van der Waals surface area (Å²) in [6, 6.07) is 8.57. The number of anilines is 2. The average Bonchev–Trinajstić information content (AvgIpc) is 2.79. The second kappa shape index (κ2) is 9.34. The molecule has 2 aromatic rings. The molecule has 0 bridgehead atoms. The molecule has 1 aromatic heterocycles. The molecule has 13 heteroatoms. The van der Waals surface area contributed by atoms with Crippen LogP contribution in [0.1, 0.15) is 18.4 Å². The molecule has 4 rings (SSSR count). The van der Waals surface area contributed by atoms with Gasteiger partial charge in [-0.3, -0.25) is 0 Å². The Kier molecular flexibility index (Phi) is 6.80. The fourth-order valence-corrected chi connectivity index (χ4v) is 6.72. The molecule has 186 valence electrons. The molecule has 2 aliphatic heterocycles. The highest BCUT2D eigenvalue weighted by Crippen LogP contribution is 2.29. The van der Waals surface area contributed by atoms with Crippen LogP contribution in [0, 0.1) is 0 Å². The Morgan fingerprint density at radius 1 is 0.941 bits per heavy atom. The van der Waals surface area contributed by atoms with Crippen molar-refractivity contribution in [3.8, 4) is 0 Å². The van der Waals surface area contributed by atoms with E-state index in [4.69, 9.17) is 0 Å². The van der Waals surface area contributed by atoms with Crippen LogP contribution >= 0.6 is 0 Å². The maximum absolute atomic E-state index is 13.1. The van der Waals surface area contributed by atoms with Gasteiger partial charge in [0.25, 0.3) is 0 Å². The summed E-state index contributed by atoms with van der Waals surface area (Å²) in [6.07, 6.45) is -2.70. The molecule has 0 amide bonds. The molecule has 1 aromatic carbocycles. The Morgan fingerprint density at radius 3 is 2.09 bits per heavy atom. The Labute approximate surface area is 196 Å². The molecule has 2 fully saturated rings. The number of rotatable bonds is 5. The minimum Gasteiger partial charge on any atom is -0.369 e. The van der Waals surface area contributed by atoms with Gasteiger partial charge in [0.15, 0.2) is 9.84 Å². The number of piperidine rings is 1. The summed E-state index contributed by atoms with van der Waals surface area (Å²) in [5.41, 5.74) is -0.0453. The van der Waals surface area contributed by atoms with Crippen LogP contribution < -0.4 is 10.2 Å². The summed E-state index contributed by atoms with van der Waals surface area (Å²) in [5, 5.41) is 3.07. The molecule has 8 nitrogen and oxygen atoms in total. The molecule has 2 saturated heterocycles. The lowest BCUT2D eigenvalue weighted by Gasteiger charge is -2.32. The molecular formula is C21H25F3N4O4S2. The fraction of sp³-hybridized carbons (Fsp3) is 0.476. The van der Waals surface area contributed by atoms with Crippen LogP contribution in [-0.2, 0) is 26.0 Å². The van der Waals surface area contributed by atoms with Gasteiger partial charge >= 0.3 is 6.18 Å². The maximum atomic E-state index is 13.1. The summed E-state index contributed by atoms with van der Waals surface area (Å²) in [6.45, 7) is 1.30. The van der Waals surface area contributed by atoms with E-state index in [-0.39, 0.29) is 35.5 Å². The predicted molar refractivity (Wildman–Crippen MR) is 122 cm³/mol. The van der Waals surface area contributed by atoms with Crippen molar-refractivity contribution in [1.29, 1.82) is 0 Å². The van der Waals surface area contributed by atoms with Crippen molar-refractivity contribution in [2.24, 2.45) is 0 Å². The number of halogens is 3. The zero-order valence-electron chi connectivity index (χ0n) is 18.2. The first kappa shape index (κ1) is 24.7. The predicted octanol–water partition coefficient (Wildman–Crippen LogP) is 2.60. The van der Waals surface area contributed by atoms with Gasteiger partial charge in [0.2, 0.25) is 10.0 Å². The van der Waals surface area contributed by atoms with Gasteiger partial charge in [-0.25, -0.2) is 21.8 Å². The van der Waals surface area contributed by atoms with E-state index in [9.17, 15) is 30.0 Å². The Hall–Kier alpha value is -2.38. The number of sulfone groups is 1. The van der Waals surface area contributed by atoms with E-state index in [0.717, 1.165) is 18.0 Å². The number of nitrogens with one attached hydrogen (secondary N) is 1. The summed E-state index contributed by atoms with van der Waals surface area (Å²) in [4.78, 5) is 5.89. The Morgan fingerprint density at radius 2 is 1.56 bits per heavy atom. The van der Waals surface area contributed by atoms with Gasteiger partial charge < -0.3 is 10.2 Å². The first-order chi connectivity index (χ1) is 15.9. The third kappa shape index (κ3) is 5.63. The number of nitrogens with zero attached hydrogens (tertiary/aromatic N) is 3. The Balaban J connectivity index is 1.33. The monoisotopic (exact) mass is 518 g/mol. The molecule has 0 atom stereocenters. The number of pyridine rings is 1. The molecule has 0 radical (unpaired) electrons. The lowest BCUT2D eigenvalue weighted by molar-refractivity contribution is -0.137. The van der Waals surface area contributed by atoms with E-state index in [2.05, 4.69) is 10.3 Å². The van der Waals surface area contributed by atoms with Crippen molar-refractivity contribution < 1.29 is 30.0 Å². The molecular weight excluding hydrogens is 493 g/mol. The molecule has 3 heterocycles. The summed E-state index contributed by atoms with van der Waals surface area (Å²) in [5.74, 6) is 0.478. The maximum Gasteiger partial charge on any atom is 0.417 e. The van der Waals surface area contributed by atoms with E-state index >= 15 is 0 Å². The van der Waals surface area contributed by atoms with Gasteiger partial charge in [-0.1, -0.05) is 0 Å². The average molecular weight is 519 g/mol. The number of sulfonamides is 1. The summed E-state index contributed by atoms with van der Waals surface area (Å²) in [7, 11) is -6.70. The zero-order valence-corrected chi connectivity index (χ0v) is 19.8. The highest BCUT2D eigenvalue weighted by atomic mass is 32.2. The first-order valence-electron chi connectivity index (χ1n) is 10.8. The molecule has 0 aliphatic carbocycles. The van der Waals surface area contributed by atoms with Crippen LogP contribution in [0.15, 0.2) is 47.5 Å². The Bertz CT molecular complexity index is 1200. The van der Waals surface area contributed by atoms with Crippen LogP contribution in [0.3, 0.4) is 0 Å². The van der Waals surface area contributed by atoms with E-state index in [1.807, 2.05) is 4.90 Å². The lowest BCUT2D eigenvalue weighted by atomic mass is 10.1. The molecule has 2 aliphatic rings. The largest absolute Gasteiger partial charge is 0.417 e. The van der Waals surface area contributed by atoms with E-state index in [1.54, 1.807) is 12.1 Å². The van der Waals surface area contributed by atoms with E-state index in [0.29, 0.717) is 31.7 Å². The molecule has 0 saturated carbocycles. The lowest BCUT2D eigenvalue weighted by Crippen LogP contribution is -2.42. The summed E-state index contributed by atoms with van der Waals surface area (Å²) >= 11 is 0. The number of aromatic nitrogens is 1. The van der Waals surface area contributed by atoms with Gasteiger partial charge in [0, 0.05) is 44.1 Å². The highest BCUT2D eigenvalue weighted by molar-refractivity contribution is 7.91. The standard InChI is InChI=1S/C21H25F3N4O4S2/c22-21(23,24)16-1-6-20(25-15-16)26-17-7-9-28(10-8-17)34(31,32)19-4-2-18(3-5-19)27-11-13-33(29,30)14-12-27/h1-6,15,17H,7-14H2,(H,25,26). The van der Waals surface area contributed by atoms with Gasteiger partial charge in [0.1, 0.15) is 5.82 Å².